The van der Waals surface area contributed by atoms with Crippen molar-refractivity contribution in [2.45, 2.75) is 6.04 Å². The molecule has 0 radical (unpaired) electrons. The predicted octanol–water partition coefficient (Wildman–Crippen LogP) is 4.50. The second-order valence-electron chi connectivity index (χ2n) is 6.41. The number of carbonyl (C=O) groups is 2. The molecule has 1 saturated heterocycles. The molecule has 0 bridgehead atoms. The van der Waals surface area contributed by atoms with E-state index in [1.54, 1.807) is 30.3 Å². The zero-order chi connectivity index (χ0) is 20.5. The Balaban J connectivity index is 1.97. The number of benzene rings is 2. The Labute approximate surface area is 170 Å². The fraction of sp³-hybridized carbons (Fsp3) is 0.0455. The molecule has 1 amide bonds. The number of aromatic nitrogens is 1. The second kappa shape index (κ2) is 7.48. The van der Waals surface area contributed by atoms with Crippen molar-refractivity contribution < 1.29 is 19.1 Å². The minimum atomic E-state index is -1.14. The number of Topliss-reactive ketones (excluding diaryl/α,β-unsaturated/α-hetero) is 1. The smallest absolute Gasteiger partial charge is 0.300 e. The van der Waals surface area contributed by atoms with Gasteiger partial charge < -0.3 is 5.11 Å². The summed E-state index contributed by atoms with van der Waals surface area (Å²) in [6.07, 6.45) is 2.92. The maximum absolute atomic E-state index is 14.7. The molecule has 2 heterocycles. The summed E-state index contributed by atoms with van der Waals surface area (Å²) in [4.78, 5) is 30.9. The van der Waals surface area contributed by atoms with Crippen molar-refractivity contribution in [1.29, 1.82) is 0 Å². The van der Waals surface area contributed by atoms with Crippen LogP contribution in [-0.2, 0) is 9.59 Å². The van der Waals surface area contributed by atoms with Crippen LogP contribution in [-0.4, -0.2) is 21.8 Å². The second-order valence-corrected chi connectivity index (χ2v) is 6.85. The number of rotatable bonds is 3. The molecule has 4 rings (SSSR count). The van der Waals surface area contributed by atoms with Gasteiger partial charge in [-0.25, -0.2) is 4.39 Å². The van der Waals surface area contributed by atoms with E-state index in [2.05, 4.69) is 4.98 Å². The predicted molar refractivity (Wildman–Crippen MR) is 107 cm³/mol. The van der Waals surface area contributed by atoms with Gasteiger partial charge in [0.2, 0.25) is 0 Å². The van der Waals surface area contributed by atoms with E-state index in [1.165, 1.54) is 42.7 Å². The SMILES string of the molecule is O=C1C(=O)N(c2cccnc2)[C@@H](c2ccccc2F)C1=C(O)c1ccc(Cl)cc1. The number of pyridine rings is 1. The number of amides is 1. The lowest BCUT2D eigenvalue weighted by molar-refractivity contribution is -0.132. The minimum Gasteiger partial charge on any atom is -0.507 e. The molecule has 1 aromatic heterocycles. The van der Waals surface area contributed by atoms with Crippen LogP contribution in [0.3, 0.4) is 0 Å². The highest BCUT2D eigenvalue weighted by atomic mass is 35.5. The van der Waals surface area contributed by atoms with Crippen LogP contribution < -0.4 is 4.90 Å². The van der Waals surface area contributed by atoms with E-state index in [0.717, 1.165) is 4.90 Å². The maximum Gasteiger partial charge on any atom is 0.300 e. The van der Waals surface area contributed by atoms with E-state index in [1.807, 2.05) is 0 Å². The quantitative estimate of drug-likeness (QED) is 0.393. The van der Waals surface area contributed by atoms with Crippen molar-refractivity contribution in [2.24, 2.45) is 0 Å². The van der Waals surface area contributed by atoms with Gasteiger partial charge in [0, 0.05) is 22.3 Å². The first kappa shape index (κ1) is 18.8. The molecule has 1 N–H and O–H groups in total. The van der Waals surface area contributed by atoms with Gasteiger partial charge in [-0.05, 0) is 42.5 Å². The molecule has 5 nitrogen and oxygen atoms in total. The molecular weight excluding hydrogens is 395 g/mol. The largest absolute Gasteiger partial charge is 0.507 e. The number of nitrogens with zero attached hydrogens (tertiary/aromatic N) is 2. The Kier molecular flexibility index (Phi) is 4.86. The van der Waals surface area contributed by atoms with Gasteiger partial charge in [-0.2, -0.15) is 0 Å². The average Bonchev–Trinajstić information content (AvgIpc) is 3.00. The van der Waals surface area contributed by atoms with Gasteiger partial charge in [-0.3, -0.25) is 19.5 Å². The van der Waals surface area contributed by atoms with Crippen LogP contribution in [0.25, 0.3) is 5.76 Å². The van der Waals surface area contributed by atoms with Crippen molar-refractivity contribution in [3.8, 4) is 0 Å². The topological polar surface area (TPSA) is 70.5 Å². The molecule has 1 fully saturated rings. The summed E-state index contributed by atoms with van der Waals surface area (Å²) < 4.78 is 14.7. The van der Waals surface area contributed by atoms with Crippen LogP contribution in [0, 0.1) is 5.82 Å². The van der Waals surface area contributed by atoms with Gasteiger partial charge in [-0.1, -0.05) is 29.8 Å². The van der Waals surface area contributed by atoms with E-state index in [-0.39, 0.29) is 11.1 Å². The van der Waals surface area contributed by atoms with Gasteiger partial charge in [0.1, 0.15) is 11.6 Å². The summed E-state index contributed by atoms with van der Waals surface area (Å²) in [7, 11) is 0. The molecule has 0 saturated carbocycles. The van der Waals surface area contributed by atoms with Crippen LogP contribution in [0.2, 0.25) is 5.02 Å². The third-order valence-electron chi connectivity index (χ3n) is 4.69. The number of hydrogen-bond donors (Lipinski definition) is 1. The van der Waals surface area contributed by atoms with Crippen molar-refractivity contribution in [3.05, 3.63) is 101 Å². The van der Waals surface area contributed by atoms with Crippen LogP contribution in [0.15, 0.2) is 78.6 Å². The van der Waals surface area contributed by atoms with E-state index in [0.29, 0.717) is 16.3 Å². The summed E-state index contributed by atoms with van der Waals surface area (Å²) in [6.45, 7) is 0. The van der Waals surface area contributed by atoms with Gasteiger partial charge in [0.25, 0.3) is 11.7 Å². The molecule has 1 atom stereocenters. The zero-order valence-corrected chi connectivity index (χ0v) is 15.7. The van der Waals surface area contributed by atoms with Crippen molar-refractivity contribution in [3.63, 3.8) is 0 Å². The molecule has 7 heteroatoms. The van der Waals surface area contributed by atoms with E-state index < -0.39 is 29.3 Å². The highest BCUT2D eigenvalue weighted by Gasteiger charge is 2.47. The lowest BCUT2D eigenvalue weighted by Crippen LogP contribution is -2.29. The molecule has 3 aromatic rings. The number of hydrogen-bond acceptors (Lipinski definition) is 4. The Hall–Kier alpha value is -3.51. The molecule has 2 aromatic carbocycles. The standard InChI is InChI=1S/C22H14ClFN2O3/c23-14-9-7-13(8-10-14)20(27)18-19(16-5-1-2-6-17(16)24)26(22(29)21(18)28)15-4-3-11-25-12-15/h1-12,19,27H/t19-/m0/s1. The first-order chi connectivity index (χ1) is 14.0. The molecule has 1 aliphatic heterocycles. The number of aliphatic hydroxyl groups is 1. The first-order valence-electron chi connectivity index (χ1n) is 8.70. The molecule has 144 valence electrons. The fourth-order valence-electron chi connectivity index (χ4n) is 3.35. The Morgan fingerprint density at radius 1 is 1.03 bits per heavy atom. The number of ketones is 1. The van der Waals surface area contributed by atoms with Crippen molar-refractivity contribution in [1.82, 2.24) is 4.98 Å². The van der Waals surface area contributed by atoms with E-state index in [9.17, 15) is 19.1 Å². The van der Waals surface area contributed by atoms with Crippen LogP contribution in [0.1, 0.15) is 17.2 Å². The molecule has 0 aliphatic carbocycles. The Morgan fingerprint density at radius 3 is 2.41 bits per heavy atom. The molecular formula is C22H14ClFN2O3. The Morgan fingerprint density at radius 2 is 1.76 bits per heavy atom. The third-order valence-corrected chi connectivity index (χ3v) is 4.94. The van der Waals surface area contributed by atoms with E-state index >= 15 is 0 Å². The van der Waals surface area contributed by atoms with Gasteiger partial charge >= 0.3 is 0 Å². The Bertz CT molecular complexity index is 1130. The summed E-state index contributed by atoms with van der Waals surface area (Å²) >= 11 is 5.89. The molecule has 29 heavy (non-hydrogen) atoms. The normalized spacial score (nSPS) is 18.3. The van der Waals surface area contributed by atoms with Gasteiger partial charge in [-0.15, -0.1) is 0 Å². The van der Waals surface area contributed by atoms with Crippen LogP contribution in [0.5, 0.6) is 0 Å². The first-order valence-corrected chi connectivity index (χ1v) is 9.08. The molecule has 1 aliphatic rings. The zero-order valence-electron chi connectivity index (χ0n) is 14.9. The fourth-order valence-corrected chi connectivity index (χ4v) is 3.48. The lowest BCUT2D eigenvalue weighted by atomic mass is 9.95. The van der Waals surface area contributed by atoms with Crippen LogP contribution in [0.4, 0.5) is 10.1 Å². The summed E-state index contributed by atoms with van der Waals surface area (Å²) in [6, 6.07) is 14.0. The minimum absolute atomic E-state index is 0.0890. The molecule has 0 spiro atoms. The van der Waals surface area contributed by atoms with Crippen molar-refractivity contribution >= 4 is 34.7 Å². The van der Waals surface area contributed by atoms with Gasteiger partial charge in [0.05, 0.1) is 23.5 Å². The summed E-state index contributed by atoms with van der Waals surface area (Å²) in [5, 5.41) is 11.3. The van der Waals surface area contributed by atoms with Crippen molar-refractivity contribution in [2.75, 3.05) is 4.90 Å². The number of halogens is 2. The van der Waals surface area contributed by atoms with Crippen LogP contribution >= 0.6 is 11.6 Å². The summed E-state index contributed by atoms with van der Waals surface area (Å²) in [5.41, 5.74) is 0.496. The maximum atomic E-state index is 14.7. The number of aliphatic hydroxyl groups excluding tert-OH is 1. The highest BCUT2D eigenvalue weighted by Crippen LogP contribution is 2.42. The summed E-state index contributed by atoms with van der Waals surface area (Å²) in [5.74, 6) is -2.79. The average molecular weight is 409 g/mol. The van der Waals surface area contributed by atoms with E-state index in [4.69, 9.17) is 11.6 Å². The third kappa shape index (κ3) is 3.28. The van der Waals surface area contributed by atoms with Gasteiger partial charge in [0.15, 0.2) is 0 Å². The highest BCUT2D eigenvalue weighted by molar-refractivity contribution is 6.51. The molecule has 0 unspecified atom stereocenters. The number of anilines is 1. The number of carbonyl (C=O) groups excluding carboxylic acids is 2. The lowest BCUT2D eigenvalue weighted by Gasteiger charge is -2.25. The monoisotopic (exact) mass is 408 g/mol.